The number of rotatable bonds is 5. The molecule has 0 saturated carbocycles. The van der Waals surface area contributed by atoms with Crippen LogP contribution in [0.2, 0.25) is 0 Å². The highest BCUT2D eigenvalue weighted by Gasteiger charge is 2.08. The van der Waals surface area contributed by atoms with Crippen LogP contribution in [0.25, 0.3) is 0 Å². The number of hydrogen-bond acceptors (Lipinski definition) is 3. The first kappa shape index (κ1) is 11.2. The number of thiophene rings is 1. The van der Waals surface area contributed by atoms with E-state index in [-0.39, 0.29) is 12.5 Å². The van der Waals surface area contributed by atoms with E-state index in [9.17, 15) is 4.79 Å². The van der Waals surface area contributed by atoms with E-state index in [2.05, 4.69) is 0 Å². The van der Waals surface area contributed by atoms with Gasteiger partial charge in [-0.25, -0.2) is 0 Å². The quantitative estimate of drug-likeness (QED) is 0.804. The van der Waals surface area contributed by atoms with E-state index in [1.807, 2.05) is 17.5 Å². The van der Waals surface area contributed by atoms with Crippen LogP contribution in [0.4, 0.5) is 0 Å². The molecule has 0 atom stereocenters. The summed E-state index contributed by atoms with van der Waals surface area (Å²) in [6.07, 6.45) is 0.978. The molecule has 1 rings (SSSR count). The van der Waals surface area contributed by atoms with E-state index in [0.29, 0.717) is 19.4 Å². The number of amides is 1. The predicted molar refractivity (Wildman–Crippen MR) is 57.1 cm³/mol. The number of aliphatic hydroxyl groups is 1. The van der Waals surface area contributed by atoms with Crippen LogP contribution in [0.1, 0.15) is 17.7 Å². The number of carbonyl (C=O) groups excluding carboxylic acids is 1. The van der Waals surface area contributed by atoms with Crippen LogP contribution in [0.3, 0.4) is 0 Å². The fraction of sp³-hybridized carbons (Fsp3) is 0.500. The van der Waals surface area contributed by atoms with Crippen molar-refractivity contribution in [2.24, 2.45) is 0 Å². The highest BCUT2D eigenvalue weighted by atomic mass is 32.1. The molecule has 1 aromatic rings. The van der Waals surface area contributed by atoms with Crippen LogP contribution < -0.4 is 0 Å². The molecule has 0 fully saturated rings. The van der Waals surface area contributed by atoms with Crippen molar-refractivity contribution in [3.05, 3.63) is 22.4 Å². The Hall–Kier alpha value is -0.870. The van der Waals surface area contributed by atoms with Crippen molar-refractivity contribution < 1.29 is 9.90 Å². The number of aliphatic hydroxyl groups excluding tert-OH is 1. The van der Waals surface area contributed by atoms with Crippen molar-refractivity contribution >= 4 is 17.2 Å². The monoisotopic (exact) mass is 213 g/mol. The molecule has 1 amide bonds. The maximum absolute atomic E-state index is 11.4. The second kappa shape index (κ2) is 5.78. The third-order valence-corrected chi connectivity index (χ3v) is 2.81. The minimum Gasteiger partial charge on any atom is -0.396 e. The van der Waals surface area contributed by atoms with Crippen molar-refractivity contribution in [2.45, 2.75) is 19.4 Å². The van der Waals surface area contributed by atoms with Crippen LogP contribution in [0.5, 0.6) is 0 Å². The molecule has 0 unspecified atom stereocenters. The van der Waals surface area contributed by atoms with Gasteiger partial charge in [-0.1, -0.05) is 6.07 Å². The minimum absolute atomic E-state index is 0.0819. The molecule has 0 aromatic carbocycles. The van der Waals surface area contributed by atoms with Crippen molar-refractivity contribution in [1.29, 1.82) is 0 Å². The molecular formula is C10H15NO2S. The Morgan fingerprint density at radius 1 is 1.64 bits per heavy atom. The zero-order chi connectivity index (χ0) is 10.4. The lowest BCUT2D eigenvalue weighted by molar-refractivity contribution is -0.130. The Bertz CT molecular complexity index is 272. The molecule has 78 valence electrons. The van der Waals surface area contributed by atoms with Gasteiger partial charge in [0.1, 0.15) is 0 Å². The number of hydrogen-bond donors (Lipinski definition) is 1. The number of nitrogens with zero attached hydrogens (tertiary/aromatic N) is 1. The average molecular weight is 213 g/mol. The van der Waals surface area contributed by atoms with E-state index >= 15 is 0 Å². The van der Waals surface area contributed by atoms with Gasteiger partial charge in [0, 0.05) is 25.0 Å². The molecule has 0 radical (unpaired) electrons. The standard InChI is InChI=1S/C10H15NO2S/c1-11(10(13)5-2-6-12)8-9-4-3-7-14-9/h3-4,7,12H,2,5-6,8H2,1H3. The summed E-state index contributed by atoms with van der Waals surface area (Å²) < 4.78 is 0. The van der Waals surface area contributed by atoms with Crippen LogP contribution >= 0.6 is 11.3 Å². The molecule has 0 bridgehead atoms. The molecule has 1 aromatic heterocycles. The summed E-state index contributed by atoms with van der Waals surface area (Å²) in [7, 11) is 1.79. The molecule has 0 aliphatic heterocycles. The van der Waals surface area contributed by atoms with Crippen molar-refractivity contribution in [3.63, 3.8) is 0 Å². The van der Waals surface area contributed by atoms with Crippen LogP contribution in [0.15, 0.2) is 17.5 Å². The van der Waals surface area contributed by atoms with Gasteiger partial charge in [0.05, 0.1) is 6.54 Å². The SMILES string of the molecule is CN(Cc1cccs1)C(=O)CCCO. The second-order valence-corrected chi connectivity index (χ2v) is 4.19. The van der Waals surface area contributed by atoms with E-state index in [0.717, 1.165) is 0 Å². The van der Waals surface area contributed by atoms with Crippen LogP contribution in [-0.2, 0) is 11.3 Å². The maximum Gasteiger partial charge on any atom is 0.222 e. The first-order valence-corrected chi connectivity index (χ1v) is 5.49. The summed E-state index contributed by atoms with van der Waals surface area (Å²) in [4.78, 5) is 14.3. The predicted octanol–water partition coefficient (Wildman–Crippen LogP) is 1.48. The van der Waals surface area contributed by atoms with Crippen molar-refractivity contribution in [1.82, 2.24) is 4.90 Å². The third kappa shape index (κ3) is 3.47. The van der Waals surface area contributed by atoms with E-state index in [1.165, 1.54) is 4.88 Å². The summed E-state index contributed by atoms with van der Waals surface area (Å²) in [6, 6.07) is 3.99. The molecule has 3 nitrogen and oxygen atoms in total. The summed E-state index contributed by atoms with van der Waals surface area (Å²) in [5, 5.41) is 10.6. The Morgan fingerprint density at radius 2 is 2.43 bits per heavy atom. The fourth-order valence-corrected chi connectivity index (χ4v) is 1.90. The zero-order valence-electron chi connectivity index (χ0n) is 8.27. The van der Waals surface area contributed by atoms with Gasteiger partial charge in [-0.3, -0.25) is 4.79 Å². The molecule has 4 heteroatoms. The van der Waals surface area contributed by atoms with Gasteiger partial charge in [-0.15, -0.1) is 11.3 Å². The Morgan fingerprint density at radius 3 is 3.00 bits per heavy atom. The van der Waals surface area contributed by atoms with Gasteiger partial charge >= 0.3 is 0 Å². The Kier molecular flexibility index (Phi) is 4.62. The second-order valence-electron chi connectivity index (χ2n) is 3.16. The molecular weight excluding hydrogens is 198 g/mol. The molecule has 0 spiro atoms. The zero-order valence-corrected chi connectivity index (χ0v) is 9.09. The summed E-state index contributed by atoms with van der Waals surface area (Å²) >= 11 is 1.65. The summed E-state index contributed by atoms with van der Waals surface area (Å²) in [6.45, 7) is 0.751. The maximum atomic E-state index is 11.4. The fourth-order valence-electron chi connectivity index (χ4n) is 1.15. The molecule has 0 aliphatic rings. The van der Waals surface area contributed by atoms with E-state index in [4.69, 9.17) is 5.11 Å². The van der Waals surface area contributed by atoms with Gasteiger partial charge in [0.2, 0.25) is 5.91 Å². The molecule has 1 N–H and O–H groups in total. The lowest BCUT2D eigenvalue weighted by Gasteiger charge is -2.15. The molecule has 0 aliphatic carbocycles. The first-order valence-electron chi connectivity index (χ1n) is 4.61. The van der Waals surface area contributed by atoms with Gasteiger partial charge in [-0.2, -0.15) is 0 Å². The highest BCUT2D eigenvalue weighted by molar-refractivity contribution is 7.09. The lowest BCUT2D eigenvalue weighted by Crippen LogP contribution is -2.25. The number of carbonyl (C=O) groups is 1. The van der Waals surface area contributed by atoms with Crippen LogP contribution in [-0.4, -0.2) is 29.6 Å². The topological polar surface area (TPSA) is 40.5 Å². The molecule has 0 saturated heterocycles. The molecule has 14 heavy (non-hydrogen) atoms. The van der Waals surface area contributed by atoms with Gasteiger partial charge in [0.15, 0.2) is 0 Å². The average Bonchev–Trinajstić information content (AvgIpc) is 2.66. The molecule has 1 heterocycles. The largest absolute Gasteiger partial charge is 0.396 e. The van der Waals surface area contributed by atoms with E-state index in [1.54, 1.807) is 23.3 Å². The summed E-state index contributed by atoms with van der Waals surface area (Å²) in [5.74, 6) is 0.0902. The first-order chi connectivity index (χ1) is 6.74. The smallest absolute Gasteiger partial charge is 0.222 e. The minimum atomic E-state index is 0.0819. The Balaban J connectivity index is 2.34. The van der Waals surface area contributed by atoms with Crippen molar-refractivity contribution in [2.75, 3.05) is 13.7 Å². The van der Waals surface area contributed by atoms with Crippen molar-refractivity contribution in [3.8, 4) is 0 Å². The van der Waals surface area contributed by atoms with Crippen LogP contribution in [0, 0.1) is 0 Å². The normalized spacial score (nSPS) is 10.1. The lowest BCUT2D eigenvalue weighted by atomic mass is 10.3. The summed E-state index contributed by atoms with van der Waals surface area (Å²) in [5.41, 5.74) is 0. The van der Waals surface area contributed by atoms with E-state index < -0.39 is 0 Å². The Labute approximate surface area is 88.0 Å². The van der Waals surface area contributed by atoms with Gasteiger partial charge in [-0.05, 0) is 17.9 Å². The highest BCUT2D eigenvalue weighted by Crippen LogP contribution is 2.11. The third-order valence-electron chi connectivity index (χ3n) is 1.95. The van der Waals surface area contributed by atoms with Gasteiger partial charge in [0.25, 0.3) is 0 Å². The van der Waals surface area contributed by atoms with Gasteiger partial charge < -0.3 is 10.0 Å².